The first-order chi connectivity index (χ1) is 10.6. The van der Waals surface area contributed by atoms with Gasteiger partial charge in [0.25, 0.3) is 5.91 Å². The second kappa shape index (κ2) is 7.68. The van der Waals surface area contributed by atoms with Gasteiger partial charge >= 0.3 is 0 Å². The monoisotopic (exact) mass is 338 g/mol. The van der Waals surface area contributed by atoms with Crippen molar-refractivity contribution in [1.29, 1.82) is 0 Å². The Bertz CT molecular complexity index is 691. The molecule has 22 heavy (non-hydrogen) atoms. The molecule has 0 bridgehead atoms. The minimum atomic E-state index is -0.437. The standard InChI is InChI=1S/C15H12Cl2N2O3/c16-11-6-10(15(21)13(17)7-11)8-18-19-14(20)9-22-12-4-2-1-3-5-12/h1-8,21H,9H2,(H,19,20)/b18-8+. The highest BCUT2D eigenvalue weighted by Crippen LogP contribution is 2.29. The van der Waals surface area contributed by atoms with Gasteiger partial charge in [0, 0.05) is 10.6 Å². The first kappa shape index (κ1) is 16.1. The Labute approximate surface area is 137 Å². The van der Waals surface area contributed by atoms with E-state index in [1.807, 2.05) is 6.07 Å². The van der Waals surface area contributed by atoms with Gasteiger partial charge in [0.05, 0.1) is 11.2 Å². The first-order valence-corrected chi connectivity index (χ1v) is 6.99. The summed E-state index contributed by atoms with van der Waals surface area (Å²) in [5.41, 5.74) is 2.57. The lowest BCUT2D eigenvalue weighted by molar-refractivity contribution is -0.123. The van der Waals surface area contributed by atoms with E-state index in [9.17, 15) is 9.90 Å². The number of carbonyl (C=O) groups excluding carboxylic acids is 1. The van der Waals surface area contributed by atoms with Crippen molar-refractivity contribution in [2.24, 2.45) is 5.10 Å². The number of aromatic hydroxyl groups is 1. The molecule has 0 radical (unpaired) electrons. The molecule has 2 rings (SSSR count). The Morgan fingerprint density at radius 3 is 2.73 bits per heavy atom. The number of halogens is 2. The maximum atomic E-state index is 11.6. The molecule has 0 aliphatic rings. The molecule has 7 heteroatoms. The Hall–Kier alpha value is -2.24. The maximum Gasteiger partial charge on any atom is 0.277 e. The van der Waals surface area contributed by atoms with Crippen LogP contribution in [0.1, 0.15) is 5.56 Å². The maximum absolute atomic E-state index is 11.6. The molecular formula is C15H12Cl2N2O3. The summed E-state index contributed by atoms with van der Waals surface area (Å²) >= 11 is 11.6. The van der Waals surface area contributed by atoms with Crippen LogP contribution < -0.4 is 10.2 Å². The second-order valence-corrected chi connectivity index (χ2v) is 5.06. The van der Waals surface area contributed by atoms with E-state index in [-0.39, 0.29) is 17.4 Å². The summed E-state index contributed by atoms with van der Waals surface area (Å²) in [6, 6.07) is 11.8. The third kappa shape index (κ3) is 4.65. The van der Waals surface area contributed by atoms with Gasteiger partial charge in [-0.2, -0.15) is 5.10 Å². The molecule has 0 saturated heterocycles. The highest BCUT2D eigenvalue weighted by atomic mass is 35.5. The number of nitrogens with zero attached hydrogens (tertiary/aromatic N) is 1. The zero-order valence-corrected chi connectivity index (χ0v) is 12.8. The van der Waals surface area contributed by atoms with Gasteiger partial charge in [0.2, 0.25) is 0 Å². The minimum absolute atomic E-state index is 0.104. The van der Waals surface area contributed by atoms with Crippen molar-refractivity contribution in [3.8, 4) is 11.5 Å². The van der Waals surface area contributed by atoms with Gasteiger partial charge in [-0.15, -0.1) is 0 Å². The van der Waals surface area contributed by atoms with Gasteiger partial charge in [-0.1, -0.05) is 41.4 Å². The number of para-hydroxylation sites is 1. The number of nitrogens with one attached hydrogen (secondary N) is 1. The van der Waals surface area contributed by atoms with Crippen LogP contribution >= 0.6 is 23.2 Å². The molecule has 0 heterocycles. The summed E-state index contributed by atoms with van der Waals surface area (Å²) in [4.78, 5) is 11.6. The zero-order valence-electron chi connectivity index (χ0n) is 11.3. The number of benzene rings is 2. The third-order valence-corrected chi connectivity index (χ3v) is 3.07. The number of carbonyl (C=O) groups is 1. The molecule has 2 aromatic rings. The number of amides is 1. The summed E-state index contributed by atoms with van der Waals surface area (Å²) in [6.07, 6.45) is 1.24. The molecule has 0 aliphatic carbocycles. The summed E-state index contributed by atoms with van der Waals surface area (Å²) in [6.45, 7) is -0.177. The first-order valence-electron chi connectivity index (χ1n) is 6.24. The fraction of sp³-hybridized carbons (Fsp3) is 0.0667. The predicted octanol–water partition coefficient (Wildman–Crippen LogP) is 3.23. The minimum Gasteiger partial charge on any atom is -0.506 e. The third-order valence-electron chi connectivity index (χ3n) is 2.56. The molecule has 2 N–H and O–H groups in total. The van der Waals surface area contributed by atoms with Crippen LogP contribution in [0.5, 0.6) is 11.5 Å². The van der Waals surface area contributed by atoms with E-state index >= 15 is 0 Å². The zero-order chi connectivity index (χ0) is 15.9. The summed E-state index contributed by atoms with van der Waals surface area (Å²) in [7, 11) is 0. The molecule has 114 valence electrons. The predicted molar refractivity (Wildman–Crippen MR) is 85.8 cm³/mol. The summed E-state index contributed by atoms with van der Waals surface area (Å²) < 4.78 is 5.25. The van der Waals surface area contributed by atoms with Crippen LogP contribution in [0.15, 0.2) is 47.6 Å². The fourth-order valence-electron chi connectivity index (χ4n) is 1.56. The van der Waals surface area contributed by atoms with E-state index in [0.717, 1.165) is 0 Å². The Morgan fingerprint density at radius 2 is 2.00 bits per heavy atom. The SMILES string of the molecule is O=C(COc1ccccc1)N/N=C/c1cc(Cl)cc(Cl)c1O. The highest BCUT2D eigenvalue weighted by molar-refractivity contribution is 6.36. The molecule has 0 atom stereocenters. The Morgan fingerprint density at radius 1 is 1.27 bits per heavy atom. The average Bonchev–Trinajstić information content (AvgIpc) is 2.51. The Balaban J connectivity index is 1.88. The van der Waals surface area contributed by atoms with Gasteiger partial charge in [-0.25, -0.2) is 5.43 Å². The van der Waals surface area contributed by atoms with E-state index < -0.39 is 5.91 Å². The topological polar surface area (TPSA) is 70.9 Å². The van der Waals surface area contributed by atoms with Crippen LogP contribution in [0.3, 0.4) is 0 Å². The normalized spacial score (nSPS) is 10.6. The number of phenols is 1. The van der Waals surface area contributed by atoms with Crippen molar-refractivity contribution in [3.05, 3.63) is 58.1 Å². The number of phenolic OH excluding ortho intramolecular Hbond substituents is 1. The molecule has 0 spiro atoms. The fourth-order valence-corrected chi connectivity index (χ4v) is 2.07. The molecule has 0 aromatic heterocycles. The second-order valence-electron chi connectivity index (χ2n) is 4.22. The molecule has 0 fully saturated rings. The lowest BCUT2D eigenvalue weighted by Crippen LogP contribution is -2.24. The number of hydrogen-bond acceptors (Lipinski definition) is 4. The summed E-state index contributed by atoms with van der Waals surface area (Å²) in [5.74, 6) is -0.0155. The van der Waals surface area contributed by atoms with E-state index in [2.05, 4.69) is 10.5 Å². The van der Waals surface area contributed by atoms with E-state index in [4.69, 9.17) is 27.9 Å². The van der Waals surface area contributed by atoms with Crippen LogP contribution in [0, 0.1) is 0 Å². The smallest absolute Gasteiger partial charge is 0.277 e. The van der Waals surface area contributed by atoms with Gasteiger partial charge in [0.15, 0.2) is 6.61 Å². The number of hydrazone groups is 1. The van der Waals surface area contributed by atoms with Crippen molar-refractivity contribution < 1.29 is 14.6 Å². The lowest BCUT2D eigenvalue weighted by Gasteiger charge is -2.05. The van der Waals surface area contributed by atoms with Crippen LogP contribution in [-0.2, 0) is 4.79 Å². The largest absolute Gasteiger partial charge is 0.506 e. The Kier molecular flexibility index (Phi) is 5.63. The number of rotatable bonds is 5. The van der Waals surface area contributed by atoms with E-state index in [0.29, 0.717) is 16.3 Å². The molecule has 0 saturated carbocycles. The van der Waals surface area contributed by atoms with Gasteiger partial charge in [-0.3, -0.25) is 4.79 Å². The molecule has 0 unspecified atom stereocenters. The average molecular weight is 339 g/mol. The van der Waals surface area contributed by atoms with Crippen molar-refractivity contribution in [2.45, 2.75) is 0 Å². The van der Waals surface area contributed by atoms with Gasteiger partial charge in [-0.05, 0) is 24.3 Å². The molecule has 2 aromatic carbocycles. The molecule has 1 amide bonds. The lowest BCUT2D eigenvalue weighted by atomic mass is 10.2. The van der Waals surface area contributed by atoms with Crippen LogP contribution in [0.2, 0.25) is 10.0 Å². The van der Waals surface area contributed by atoms with Crippen LogP contribution in [-0.4, -0.2) is 23.8 Å². The molecule has 5 nitrogen and oxygen atoms in total. The quantitative estimate of drug-likeness (QED) is 0.649. The van der Waals surface area contributed by atoms with E-state index in [1.165, 1.54) is 18.3 Å². The highest BCUT2D eigenvalue weighted by Gasteiger charge is 2.06. The molecular weight excluding hydrogens is 327 g/mol. The van der Waals surface area contributed by atoms with Crippen molar-refractivity contribution >= 4 is 35.3 Å². The van der Waals surface area contributed by atoms with Gasteiger partial charge in [0.1, 0.15) is 11.5 Å². The number of hydrogen-bond donors (Lipinski definition) is 2. The van der Waals surface area contributed by atoms with E-state index in [1.54, 1.807) is 24.3 Å². The summed E-state index contributed by atoms with van der Waals surface area (Å²) in [5, 5.41) is 13.9. The van der Waals surface area contributed by atoms with Crippen LogP contribution in [0.4, 0.5) is 0 Å². The van der Waals surface area contributed by atoms with Crippen molar-refractivity contribution in [3.63, 3.8) is 0 Å². The van der Waals surface area contributed by atoms with Crippen molar-refractivity contribution in [2.75, 3.05) is 6.61 Å². The van der Waals surface area contributed by atoms with Crippen molar-refractivity contribution in [1.82, 2.24) is 5.43 Å². The number of ether oxygens (including phenoxy) is 1. The van der Waals surface area contributed by atoms with Gasteiger partial charge < -0.3 is 9.84 Å². The van der Waals surface area contributed by atoms with Crippen LogP contribution in [0.25, 0.3) is 0 Å². The molecule has 0 aliphatic heterocycles.